The van der Waals surface area contributed by atoms with E-state index in [9.17, 15) is 0 Å². The summed E-state index contributed by atoms with van der Waals surface area (Å²) in [6, 6.07) is 0.587. The van der Waals surface area contributed by atoms with Crippen molar-refractivity contribution in [3.8, 4) is 0 Å². The number of nitrogens with one attached hydrogen (secondary N) is 1. The summed E-state index contributed by atoms with van der Waals surface area (Å²) in [7, 11) is 0. The van der Waals surface area contributed by atoms with Crippen molar-refractivity contribution in [1.29, 1.82) is 0 Å². The number of aromatic nitrogens is 1. The molecule has 0 aliphatic carbocycles. The molecule has 4 nitrogen and oxygen atoms in total. The zero-order chi connectivity index (χ0) is 12.3. The van der Waals surface area contributed by atoms with E-state index in [4.69, 9.17) is 4.42 Å². The van der Waals surface area contributed by atoms with Gasteiger partial charge in [-0.1, -0.05) is 20.8 Å². The molecule has 0 aromatic carbocycles. The van der Waals surface area contributed by atoms with E-state index in [1.54, 1.807) is 0 Å². The molecule has 4 heteroatoms. The van der Waals surface area contributed by atoms with Gasteiger partial charge in [-0.3, -0.25) is 4.90 Å². The summed E-state index contributed by atoms with van der Waals surface area (Å²) in [5.74, 6) is 2.51. The van der Waals surface area contributed by atoms with Crippen LogP contribution < -0.4 is 5.32 Å². The molecule has 0 amide bonds. The average molecular weight is 237 g/mol. The third kappa shape index (κ3) is 3.30. The van der Waals surface area contributed by atoms with E-state index in [-0.39, 0.29) is 0 Å². The predicted octanol–water partition coefficient (Wildman–Crippen LogP) is 1.67. The lowest BCUT2D eigenvalue weighted by Gasteiger charge is -2.35. The van der Waals surface area contributed by atoms with Gasteiger partial charge in [0.2, 0.25) is 5.89 Å². The van der Waals surface area contributed by atoms with Crippen molar-refractivity contribution >= 4 is 0 Å². The van der Waals surface area contributed by atoms with Gasteiger partial charge < -0.3 is 9.73 Å². The average Bonchev–Trinajstić information content (AvgIpc) is 2.77. The van der Waals surface area contributed by atoms with Gasteiger partial charge in [0.25, 0.3) is 0 Å². The standard InChI is InChI=1S/C13H23N3O/c1-4-11-7-15-13(17-11)9-16-6-5-14-12(8-16)10(2)3/h7,10,12,14H,4-6,8-9H2,1-3H3. The quantitative estimate of drug-likeness (QED) is 0.865. The van der Waals surface area contributed by atoms with Crippen molar-refractivity contribution < 1.29 is 4.42 Å². The zero-order valence-electron chi connectivity index (χ0n) is 11.1. The number of piperazine rings is 1. The molecule has 1 N–H and O–H groups in total. The molecule has 1 aliphatic rings. The summed E-state index contributed by atoms with van der Waals surface area (Å²) in [6.07, 6.45) is 2.76. The van der Waals surface area contributed by atoms with Gasteiger partial charge in [0, 0.05) is 32.1 Å². The number of oxazole rings is 1. The Morgan fingerprint density at radius 3 is 3.06 bits per heavy atom. The Hall–Kier alpha value is -0.870. The van der Waals surface area contributed by atoms with Crippen LogP contribution in [-0.4, -0.2) is 35.6 Å². The van der Waals surface area contributed by atoms with E-state index in [0.717, 1.165) is 44.3 Å². The summed E-state index contributed by atoms with van der Waals surface area (Å²) in [4.78, 5) is 6.75. The number of hydrogen-bond donors (Lipinski definition) is 1. The maximum atomic E-state index is 5.66. The maximum Gasteiger partial charge on any atom is 0.208 e. The summed E-state index contributed by atoms with van der Waals surface area (Å²) in [5, 5.41) is 3.56. The van der Waals surface area contributed by atoms with Crippen molar-refractivity contribution in [2.75, 3.05) is 19.6 Å². The normalized spacial score (nSPS) is 22.2. The van der Waals surface area contributed by atoms with Gasteiger partial charge in [0.15, 0.2) is 0 Å². The van der Waals surface area contributed by atoms with Crippen LogP contribution >= 0.6 is 0 Å². The lowest BCUT2D eigenvalue weighted by atomic mass is 10.0. The molecule has 1 saturated heterocycles. The number of nitrogens with zero attached hydrogens (tertiary/aromatic N) is 2. The number of rotatable bonds is 4. The number of hydrogen-bond acceptors (Lipinski definition) is 4. The van der Waals surface area contributed by atoms with E-state index in [1.165, 1.54) is 0 Å². The predicted molar refractivity (Wildman–Crippen MR) is 67.8 cm³/mol. The fraction of sp³-hybridized carbons (Fsp3) is 0.769. The highest BCUT2D eigenvalue weighted by atomic mass is 16.4. The van der Waals surface area contributed by atoms with Gasteiger partial charge in [-0.2, -0.15) is 0 Å². The minimum atomic E-state index is 0.587. The Bertz CT molecular complexity index is 348. The van der Waals surface area contributed by atoms with E-state index in [1.807, 2.05) is 6.20 Å². The van der Waals surface area contributed by atoms with Crippen molar-refractivity contribution in [1.82, 2.24) is 15.2 Å². The fourth-order valence-corrected chi connectivity index (χ4v) is 2.21. The Morgan fingerprint density at radius 1 is 1.59 bits per heavy atom. The first-order chi connectivity index (χ1) is 8.19. The maximum absolute atomic E-state index is 5.66. The van der Waals surface area contributed by atoms with Crippen LogP contribution in [0.4, 0.5) is 0 Å². The second-order valence-electron chi connectivity index (χ2n) is 5.11. The lowest BCUT2D eigenvalue weighted by molar-refractivity contribution is 0.156. The Morgan fingerprint density at radius 2 is 2.41 bits per heavy atom. The summed E-state index contributed by atoms with van der Waals surface area (Å²) in [6.45, 7) is 10.7. The summed E-state index contributed by atoms with van der Waals surface area (Å²) >= 11 is 0. The fourth-order valence-electron chi connectivity index (χ4n) is 2.21. The van der Waals surface area contributed by atoms with Crippen LogP contribution in [0.2, 0.25) is 0 Å². The highest BCUT2D eigenvalue weighted by Gasteiger charge is 2.22. The van der Waals surface area contributed by atoms with Crippen LogP contribution in [0.15, 0.2) is 10.6 Å². The first kappa shape index (κ1) is 12.6. The van der Waals surface area contributed by atoms with Crippen LogP contribution in [0, 0.1) is 5.92 Å². The van der Waals surface area contributed by atoms with Crippen LogP contribution in [0.1, 0.15) is 32.4 Å². The van der Waals surface area contributed by atoms with E-state index < -0.39 is 0 Å². The monoisotopic (exact) mass is 237 g/mol. The highest BCUT2D eigenvalue weighted by Crippen LogP contribution is 2.12. The van der Waals surface area contributed by atoms with Gasteiger partial charge in [-0.05, 0) is 5.92 Å². The number of aryl methyl sites for hydroxylation is 1. The molecule has 1 aliphatic heterocycles. The van der Waals surface area contributed by atoms with Crippen molar-refractivity contribution in [2.45, 2.75) is 39.8 Å². The molecule has 1 unspecified atom stereocenters. The largest absolute Gasteiger partial charge is 0.444 e. The van der Waals surface area contributed by atoms with Crippen molar-refractivity contribution in [2.24, 2.45) is 5.92 Å². The smallest absolute Gasteiger partial charge is 0.208 e. The molecule has 17 heavy (non-hydrogen) atoms. The second-order valence-corrected chi connectivity index (χ2v) is 5.11. The van der Waals surface area contributed by atoms with Crippen LogP contribution in [-0.2, 0) is 13.0 Å². The molecule has 1 aromatic heterocycles. The molecule has 1 fully saturated rings. The molecule has 0 bridgehead atoms. The van der Waals surface area contributed by atoms with E-state index in [0.29, 0.717) is 12.0 Å². The second kappa shape index (κ2) is 5.65. The zero-order valence-corrected chi connectivity index (χ0v) is 11.1. The van der Waals surface area contributed by atoms with Gasteiger partial charge >= 0.3 is 0 Å². The topological polar surface area (TPSA) is 41.3 Å². The third-order valence-electron chi connectivity index (χ3n) is 3.40. The Balaban J connectivity index is 1.90. The van der Waals surface area contributed by atoms with Crippen molar-refractivity contribution in [3.05, 3.63) is 17.8 Å². The molecule has 2 heterocycles. The third-order valence-corrected chi connectivity index (χ3v) is 3.40. The SMILES string of the molecule is CCc1cnc(CN2CCNC(C(C)C)C2)o1. The van der Waals surface area contributed by atoms with Crippen LogP contribution in [0.25, 0.3) is 0 Å². The molecule has 1 aromatic rings. The van der Waals surface area contributed by atoms with Gasteiger partial charge in [-0.25, -0.2) is 4.98 Å². The molecule has 0 spiro atoms. The molecule has 0 saturated carbocycles. The van der Waals surface area contributed by atoms with Crippen LogP contribution in [0.3, 0.4) is 0 Å². The van der Waals surface area contributed by atoms with Gasteiger partial charge in [0.1, 0.15) is 5.76 Å². The van der Waals surface area contributed by atoms with Crippen LogP contribution in [0.5, 0.6) is 0 Å². The van der Waals surface area contributed by atoms with Crippen molar-refractivity contribution in [3.63, 3.8) is 0 Å². The lowest BCUT2D eigenvalue weighted by Crippen LogP contribution is -2.52. The minimum absolute atomic E-state index is 0.587. The summed E-state index contributed by atoms with van der Waals surface area (Å²) < 4.78 is 5.66. The van der Waals surface area contributed by atoms with E-state index >= 15 is 0 Å². The first-order valence-electron chi connectivity index (χ1n) is 6.58. The Labute approximate surface area is 103 Å². The molecule has 1 atom stereocenters. The highest BCUT2D eigenvalue weighted by molar-refractivity contribution is 4.94. The molecule has 96 valence electrons. The Kier molecular flexibility index (Phi) is 4.18. The molecular weight excluding hydrogens is 214 g/mol. The first-order valence-corrected chi connectivity index (χ1v) is 6.58. The molecular formula is C13H23N3O. The van der Waals surface area contributed by atoms with Gasteiger partial charge in [0.05, 0.1) is 12.7 Å². The van der Waals surface area contributed by atoms with E-state index in [2.05, 4.69) is 36.0 Å². The van der Waals surface area contributed by atoms with Gasteiger partial charge in [-0.15, -0.1) is 0 Å². The minimum Gasteiger partial charge on any atom is -0.444 e. The summed E-state index contributed by atoms with van der Waals surface area (Å²) in [5.41, 5.74) is 0. The molecule has 2 rings (SSSR count). The molecule has 0 radical (unpaired) electrons.